The van der Waals surface area contributed by atoms with E-state index in [0.29, 0.717) is 5.72 Å². The lowest BCUT2D eigenvalue weighted by molar-refractivity contribution is 0.420. The van der Waals surface area contributed by atoms with E-state index in [-0.39, 0.29) is 24.2 Å². The number of allylic oxidation sites excluding steroid dienone is 2. The highest BCUT2D eigenvalue weighted by atomic mass is 14.7. The summed E-state index contributed by atoms with van der Waals surface area (Å²) >= 11 is 0. The molecule has 0 aromatic heterocycles. The first-order valence-corrected chi connectivity index (χ1v) is 2.84. The van der Waals surface area contributed by atoms with Crippen molar-refractivity contribution in [1.82, 2.24) is 0 Å². The number of nitrogens with two attached hydrogens (primary N) is 1. The van der Waals surface area contributed by atoms with E-state index in [0.717, 1.165) is 0 Å². The van der Waals surface area contributed by atoms with E-state index in [9.17, 15) is 0 Å². The van der Waals surface area contributed by atoms with Crippen LogP contribution in [0.5, 0.6) is 0 Å². The van der Waals surface area contributed by atoms with Crippen LogP contribution in [0, 0.1) is 5.41 Å². The summed E-state index contributed by atoms with van der Waals surface area (Å²) in [6.07, 6.45) is 0. The van der Waals surface area contributed by atoms with Crippen molar-refractivity contribution in [2.45, 2.75) is 19.9 Å². The van der Waals surface area contributed by atoms with Crippen molar-refractivity contribution in [1.29, 1.82) is 0 Å². The molecule has 0 aromatic carbocycles. The van der Waals surface area contributed by atoms with Crippen LogP contribution in [-0.4, -0.2) is 6.04 Å². The molecule has 0 saturated heterocycles. The highest BCUT2D eigenvalue weighted by molar-refractivity contribution is 5.20. The molecular weight excluding hydrogens is 110 g/mol. The van der Waals surface area contributed by atoms with Crippen molar-refractivity contribution in [3.8, 4) is 0 Å². The zero-order chi connectivity index (χ0) is 12.0. The zero-order valence-corrected chi connectivity index (χ0v) is 5.52. The van der Waals surface area contributed by atoms with Gasteiger partial charge in [-0.15, -0.1) is 0 Å². The van der Waals surface area contributed by atoms with Gasteiger partial charge in [0.15, 0.2) is 0 Å². The highest BCUT2D eigenvalue weighted by Crippen LogP contribution is 2.24. The molecule has 1 aliphatic carbocycles. The highest BCUT2D eigenvalue weighted by Gasteiger charge is 2.21. The van der Waals surface area contributed by atoms with Crippen molar-refractivity contribution in [3.05, 3.63) is 24.2 Å². The maximum atomic E-state index is 7.69. The summed E-state index contributed by atoms with van der Waals surface area (Å²) in [6.45, 7) is 3.21. The first kappa shape index (κ1) is 2.24. The maximum Gasteiger partial charge on any atom is 0.119 e. The third kappa shape index (κ3) is 1.22. The van der Waals surface area contributed by atoms with Gasteiger partial charge < -0.3 is 5.72 Å². The molecular formula is C8H13N. The van der Waals surface area contributed by atoms with E-state index in [4.69, 9.17) is 8.31 Å². The van der Waals surface area contributed by atoms with E-state index in [1.54, 1.807) is 13.8 Å². The Bertz CT molecular complexity index is 343. The van der Waals surface area contributed by atoms with E-state index < -0.39 is 11.5 Å². The molecule has 0 radical (unpaired) electrons. The molecule has 1 unspecified atom stereocenters. The molecule has 50 valence electrons. The fourth-order valence-corrected chi connectivity index (χ4v) is 0.546. The third-order valence-electron chi connectivity index (χ3n) is 1.34. The molecule has 0 amide bonds. The summed E-state index contributed by atoms with van der Waals surface area (Å²) in [6, 6.07) is -1.97. The minimum absolute atomic E-state index is 0.0991. The fraction of sp³-hybridized carbons (Fsp3) is 0.500. The molecule has 1 nitrogen and oxygen atoms in total. The lowest BCUT2D eigenvalue weighted by atomic mass is 9.82. The van der Waals surface area contributed by atoms with Crippen molar-refractivity contribution in [2.24, 2.45) is 11.1 Å². The van der Waals surface area contributed by atoms with Crippen LogP contribution in [0.25, 0.3) is 0 Å². The molecule has 0 saturated carbocycles. The Morgan fingerprint density at radius 3 is 3.11 bits per heavy atom. The van der Waals surface area contributed by atoms with Crippen LogP contribution in [0.1, 0.15) is 19.3 Å². The summed E-state index contributed by atoms with van der Waals surface area (Å²) in [5.74, 6) is 0. The SMILES string of the molecule is [2H]C1=C([2H])C(N([2H])[2H])C(C)(C)C([2H])=C1[2H]. The second-order valence-electron chi connectivity index (χ2n) is 2.64. The molecule has 0 heterocycles. The van der Waals surface area contributed by atoms with Crippen LogP contribution >= 0.6 is 0 Å². The van der Waals surface area contributed by atoms with E-state index in [1.165, 1.54) is 0 Å². The van der Waals surface area contributed by atoms with Crippen LogP contribution in [0.4, 0.5) is 0 Å². The summed E-state index contributed by atoms with van der Waals surface area (Å²) in [5, 5.41) is 0. The predicted molar refractivity (Wildman–Crippen MR) is 40.0 cm³/mol. The molecule has 2 N–H and O–H groups in total. The Kier molecular flexibility index (Phi) is 0.496. The molecule has 1 aliphatic rings. The van der Waals surface area contributed by atoms with Crippen molar-refractivity contribution < 1.29 is 8.31 Å². The van der Waals surface area contributed by atoms with Gasteiger partial charge in [-0.2, -0.15) is 0 Å². The lowest BCUT2D eigenvalue weighted by Crippen LogP contribution is -2.34. The Morgan fingerprint density at radius 1 is 1.67 bits per heavy atom. The number of hydrogen-bond acceptors (Lipinski definition) is 1. The molecule has 9 heavy (non-hydrogen) atoms. The molecule has 1 heteroatoms. The zero-order valence-electron chi connectivity index (χ0n) is 11.5. The van der Waals surface area contributed by atoms with Gasteiger partial charge in [0, 0.05) is 11.5 Å². The van der Waals surface area contributed by atoms with Gasteiger partial charge >= 0.3 is 0 Å². The Hall–Kier alpha value is -0.560. The number of rotatable bonds is 1. The fourth-order valence-electron chi connectivity index (χ4n) is 0.546. The van der Waals surface area contributed by atoms with Gasteiger partial charge in [-0.25, -0.2) is 0 Å². The van der Waals surface area contributed by atoms with Crippen LogP contribution in [0.2, 0.25) is 2.82 Å². The monoisotopic (exact) mass is 129 g/mol. The van der Waals surface area contributed by atoms with Crippen LogP contribution in [0.3, 0.4) is 0 Å². The first-order chi connectivity index (χ1) is 6.71. The van der Waals surface area contributed by atoms with Crippen molar-refractivity contribution in [3.63, 3.8) is 0 Å². The Morgan fingerprint density at radius 2 is 2.44 bits per heavy atom. The van der Waals surface area contributed by atoms with Gasteiger partial charge in [-0.3, -0.25) is 0 Å². The van der Waals surface area contributed by atoms with Crippen LogP contribution in [0.15, 0.2) is 24.2 Å². The van der Waals surface area contributed by atoms with Crippen LogP contribution < -0.4 is 5.72 Å². The van der Waals surface area contributed by atoms with E-state index in [1.807, 2.05) is 0 Å². The van der Waals surface area contributed by atoms with Crippen molar-refractivity contribution >= 4 is 0 Å². The van der Waals surface area contributed by atoms with Gasteiger partial charge in [0.05, 0.1) is 5.48 Å². The third-order valence-corrected chi connectivity index (χ3v) is 1.34. The van der Waals surface area contributed by atoms with E-state index >= 15 is 0 Å². The predicted octanol–water partition coefficient (Wildman–Crippen LogP) is 1.47. The van der Waals surface area contributed by atoms with Crippen LogP contribution in [-0.2, 0) is 0 Å². The molecule has 0 bridgehead atoms. The van der Waals surface area contributed by atoms with Gasteiger partial charge in [0.2, 0.25) is 0 Å². The quantitative estimate of drug-likeness (QED) is 0.570. The summed E-state index contributed by atoms with van der Waals surface area (Å²) < 4.78 is 44.6. The van der Waals surface area contributed by atoms with E-state index in [2.05, 4.69) is 0 Å². The molecule has 0 spiro atoms. The average Bonchev–Trinajstić information content (AvgIpc) is 2.11. The molecule has 1 atom stereocenters. The molecule has 0 aliphatic heterocycles. The van der Waals surface area contributed by atoms with Gasteiger partial charge in [0.1, 0.15) is 2.82 Å². The van der Waals surface area contributed by atoms with Gasteiger partial charge in [-0.1, -0.05) is 38.1 Å². The summed E-state index contributed by atoms with van der Waals surface area (Å²) in [5.41, 5.74) is -0.625. The largest absolute Gasteiger partial charge is 0.324 e. The normalized spacial score (nSPS) is 45.0. The minimum atomic E-state index is -0.966. The molecule has 1 rings (SSSR count). The van der Waals surface area contributed by atoms with Gasteiger partial charge in [-0.05, 0) is 0 Å². The van der Waals surface area contributed by atoms with Crippen molar-refractivity contribution in [2.75, 3.05) is 0 Å². The molecule has 0 aromatic rings. The second kappa shape index (κ2) is 1.99. The Labute approximate surface area is 64.8 Å². The average molecular weight is 129 g/mol. The number of hydrogen-bond donors (Lipinski definition) is 1. The smallest absolute Gasteiger partial charge is 0.119 e. The lowest BCUT2D eigenvalue weighted by Gasteiger charge is -2.27. The first-order valence-electron chi connectivity index (χ1n) is 5.73. The van der Waals surface area contributed by atoms with Gasteiger partial charge in [0.25, 0.3) is 0 Å². The summed E-state index contributed by atoms with van der Waals surface area (Å²) in [4.78, 5) is 0. The second-order valence-corrected chi connectivity index (χ2v) is 2.64. The Balaban J connectivity index is 3.36. The summed E-state index contributed by atoms with van der Waals surface area (Å²) in [7, 11) is 0. The standard InChI is InChI=1S/C8H13N/c1-8(2)6-4-3-5-7(8)9/h3-7H,9H2,1-2H3/i3D,4D,5D,6D/hD2. The topological polar surface area (TPSA) is 26.0 Å². The molecule has 0 fully saturated rings. The minimum Gasteiger partial charge on any atom is -0.324 e. The maximum absolute atomic E-state index is 7.69.